The summed E-state index contributed by atoms with van der Waals surface area (Å²) in [5, 5.41) is 6.22. The summed E-state index contributed by atoms with van der Waals surface area (Å²) in [4.78, 5) is 29.2. The Kier molecular flexibility index (Phi) is 5.90. The average Bonchev–Trinajstić information content (AvgIpc) is 3.36. The van der Waals surface area contributed by atoms with Gasteiger partial charge in [0, 0.05) is 29.4 Å². The number of Topliss-reactive ketones (excluding diaryl/α,β-unsaturated/α-hetero) is 1. The number of amides is 2. The van der Waals surface area contributed by atoms with Crippen LogP contribution in [0.3, 0.4) is 0 Å². The van der Waals surface area contributed by atoms with Crippen molar-refractivity contribution in [1.82, 2.24) is 14.6 Å². The van der Waals surface area contributed by atoms with Gasteiger partial charge in [0.2, 0.25) is 10.0 Å². The zero-order chi connectivity index (χ0) is 21.3. The van der Waals surface area contributed by atoms with Crippen LogP contribution in [0, 0.1) is 0 Å². The van der Waals surface area contributed by atoms with E-state index in [1.165, 1.54) is 34.7 Å². The number of carbonyl (C=O) groups excluding carboxylic acids is 2. The molecule has 4 rings (SSSR count). The van der Waals surface area contributed by atoms with Crippen LogP contribution in [0.4, 0.5) is 9.93 Å². The van der Waals surface area contributed by atoms with Gasteiger partial charge in [-0.05, 0) is 31.9 Å². The molecule has 0 atom stereocenters. The second-order valence-electron chi connectivity index (χ2n) is 7.64. The van der Waals surface area contributed by atoms with E-state index in [0.29, 0.717) is 23.7 Å². The van der Waals surface area contributed by atoms with Gasteiger partial charge in [0.25, 0.3) is 0 Å². The highest BCUT2D eigenvalue weighted by atomic mass is 32.2. The molecule has 0 bridgehead atoms. The zero-order valence-electron chi connectivity index (χ0n) is 16.7. The molecule has 30 heavy (non-hydrogen) atoms. The number of hydrogen-bond acceptors (Lipinski definition) is 6. The van der Waals surface area contributed by atoms with E-state index in [1.54, 1.807) is 12.1 Å². The highest BCUT2D eigenvalue weighted by Crippen LogP contribution is 2.31. The molecule has 1 aliphatic heterocycles. The predicted molar refractivity (Wildman–Crippen MR) is 114 cm³/mol. The topological polar surface area (TPSA) is 108 Å². The molecule has 1 aromatic carbocycles. The third-order valence-corrected chi connectivity index (χ3v) is 8.32. The minimum absolute atomic E-state index is 0.109. The smallest absolute Gasteiger partial charge is 0.321 e. The van der Waals surface area contributed by atoms with Gasteiger partial charge in [-0.1, -0.05) is 36.3 Å². The van der Waals surface area contributed by atoms with Gasteiger partial charge in [-0.3, -0.25) is 10.1 Å². The van der Waals surface area contributed by atoms with Crippen molar-refractivity contribution < 1.29 is 18.0 Å². The zero-order valence-corrected chi connectivity index (χ0v) is 18.3. The maximum Gasteiger partial charge on any atom is 0.321 e. The van der Waals surface area contributed by atoms with Crippen LogP contribution in [-0.4, -0.2) is 42.1 Å². The second kappa shape index (κ2) is 8.44. The first kappa shape index (κ1) is 21.0. The molecule has 2 aromatic rings. The summed E-state index contributed by atoms with van der Waals surface area (Å²) in [6.07, 6.45) is 4.74. The lowest BCUT2D eigenvalue weighted by atomic mass is 10.2. The summed E-state index contributed by atoms with van der Waals surface area (Å²) < 4.78 is 27.5. The van der Waals surface area contributed by atoms with E-state index in [1.807, 2.05) is 0 Å². The molecule has 1 aliphatic carbocycles. The van der Waals surface area contributed by atoms with Crippen molar-refractivity contribution in [3.8, 4) is 0 Å². The molecule has 0 unspecified atom stereocenters. The highest BCUT2D eigenvalue weighted by molar-refractivity contribution is 7.89. The molecule has 10 heteroatoms. The van der Waals surface area contributed by atoms with Crippen LogP contribution < -0.4 is 10.6 Å². The van der Waals surface area contributed by atoms with Crippen molar-refractivity contribution >= 4 is 38.3 Å². The molecule has 2 heterocycles. The molecule has 8 nitrogen and oxygen atoms in total. The summed E-state index contributed by atoms with van der Waals surface area (Å²) in [7, 11) is -3.73. The summed E-state index contributed by atoms with van der Waals surface area (Å²) >= 11 is 1.30. The Morgan fingerprint density at radius 3 is 2.73 bits per heavy atom. The third kappa shape index (κ3) is 4.40. The van der Waals surface area contributed by atoms with Gasteiger partial charge in [-0.25, -0.2) is 18.2 Å². The number of sulfonamides is 1. The van der Waals surface area contributed by atoms with Crippen molar-refractivity contribution in [2.24, 2.45) is 0 Å². The molecule has 160 valence electrons. The fourth-order valence-electron chi connectivity index (χ4n) is 3.84. The fraction of sp³-hybridized carbons (Fsp3) is 0.450. The molecular weight excluding hydrogens is 424 g/mol. The molecular formula is C20H24N4O4S2. The van der Waals surface area contributed by atoms with Crippen molar-refractivity contribution in [2.75, 3.05) is 11.9 Å². The number of aromatic nitrogens is 1. The molecule has 1 saturated carbocycles. The minimum Gasteiger partial charge on any atom is -0.335 e. The van der Waals surface area contributed by atoms with E-state index in [4.69, 9.17) is 0 Å². The first-order valence-corrected chi connectivity index (χ1v) is 12.3. The van der Waals surface area contributed by atoms with E-state index < -0.39 is 10.0 Å². The van der Waals surface area contributed by atoms with Gasteiger partial charge in [0.1, 0.15) is 0 Å². The lowest BCUT2D eigenvalue weighted by Crippen LogP contribution is -2.36. The maximum absolute atomic E-state index is 13.1. The summed E-state index contributed by atoms with van der Waals surface area (Å²) in [6, 6.07) is 6.05. The Balaban J connectivity index is 1.46. The standard InChI is InChI=1S/C20H24N4O4S2/c1-13(25)14-5-4-8-16(11-14)30(27,28)24-10-9-17-18(12-24)29-20(22-17)23-19(26)21-15-6-2-3-7-15/h4-5,8,11,15H,2-3,6-7,9-10,12H2,1H3,(H2,21,22,23,26). The van der Waals surface area contributed by atoms with Gasteiger partial charge < -0.3 is 5.32 Å². The molecule has 2 amide bonds. The Morgan fingerprint density at radius 2 is 2.00 bits per heavy atom. The van der Waals surface area contributed by atoms with Crippen molar-refractivity contribution in [3.05, 3.63) is 40.4 Å². The maximum atomic E-state index is 13.1. The summed E-state index contributed by atoms with van der Waals surface area (Å²) in [6.45, 7) is 1.91. The van der Waals surface area contributed by atoms with Crippen molar-refractivity contribution in [3.63, 3.8) is 0 Å². The first-order valence-electron chi connectivity index (χ1n) is 10.00. The van der Waals surface area contributed by atoms with Gasteiger partial charge in [-0.2, -0.15) is 4.31 Å². The Bertz CT molecular complexity index is 1070. The molecule has 1 fully saturated rings. The van der Waals surface area contributed by atoms with Crippen LogP contribution in [-0.2, 0) is 23.0 Å². The number of fused-ring (bicyclic) bond motifs is 1. The number of carbonyl (C=O) groups is 2. The number of hydrogen-bond donors (Lipinski definition) is 2. The quantitative estimate of drug-likeness (QED) is 0.683. The Morgan fingerprint density at radius 1 is 1.23 bits per heavy atom. The fourth-order valence-corrected chi connectivity index (χ4v) is 6.40. The Labute approximate surface area is 179 Å². The number of benzene rings is 1. The first-order chi connectivity index (χ1) is 14.3. The number of anilines is 1. The molecule has 0 radical (unpaired) electrons. The lowest BCUT2D eigenvalue weighted by Gasteiger charge is -2.25. The summed E-state index contributed by atoms with van der Waals surface area (Å²) in [5.74, 6) is -0.179. The van der Waals surface area contributed by atoms with E-state index >= 15 is 0 Å². The van der Waals surface area contributed by atoms with E-state index in [2.05, 4.69) is 15.6 Å². The van der Waals surface area contributed by atoms with Gasteiger partial charge in [0.05, 0.1) is 17.1 Å². The van der Waals surface area contributed by atoms with Crippen LogP contribution in [0.2, 0.25) is 0 Å². The summed E-state index contributed by atoms with van der Waals surface area (Å²) in [5.41, 5.74) is 1.19. The van der Waals surface area contributed by atoms with Gasteiger partial charge >= 0.3 is 6.03 Å². The largest absolute Gasteiger partial charge is 0.335 e. The second-order valence-corrected chi connectivity index (χ2v) is 10.7. The lowest BCUT2D eigenvalue weighted by molar-refractivity contribution is 0.101. The number of ketones is 1. The monoisotopic (exact) mass is 448 g/mol. The Hall–Kier alpha value is -2.30. The van der Waals surface area contributed by atoms with E-state index in [0.717, 1.165) is 36.3 Å². The van der Waals surface area contributed by atoms with E-state index in [9.17, 15) is 18.0 Å². The van der Waals surface area contributed by atoms with Crippen molar-refractivity contribution in [1.29, 1.82) is 0 Å². The number of rotatable bonds is 5. The van der Waals surface area contributed by atoms with Crippen LogP contribution in [0.5, 0.6) is 0 Å². The SMILES string of the molecule is CC(=O)c1cccc(S(=O)(=O)N2CCc3nc(NC(=O)NC4CCCC4)sc3C2)c1. The highest BCUT2D eigenvalue weighted by Gasteiger charge is 2.31. The van der Waals surface area contributed by atoms with Crippen LogP contribution >= 0.6 is 11.3 Å². The number of thiazole rings is 1. The predicted octanol–water partition coefficient (Wildman–Crippen LogP) is 3.16. The number of urea groups is 1. The van der Waals surface area contributed by atoms with Gasteiger partial charge in [0.15, 0.2) is 10.9 Å². The van der Waals surface area contributed by atoms with Crippen LogP contribution in [0.1, 0.15) is 53.5 Å². The van der Waals surface area contributed by atoms with Crippen LogP contribution in [0.25, 0.3) is 0 Å². The molecule has 0 saturated heterocycles. The third-order valence-electron chi connectivity index (χ3n) is 5.49. The molecule has 0 spiro atoms. The van der Waals surface area contributed by atoms with Gasteiger partial charge in [-0.15, -0.1) is 0 Å². The number of nitrogens with one attached hydrogen (secondary N) is 2. The number of nitrogens with zero attached hydrogens (tertiary/aromatic N) is 2. The molecule has 2 N–H and O–H groups in total. The van der Waals surface area contributed by atoms with Crippen LogP contribution in [0.15, 0.2) is 29.2 Å². The van der Waals surface area contributed by atoms with E-state index in [-0.39, 0.29) is 29.3 Å². The normalized spacial score (nSPS) is 17.5. The molecule has 2 aliphatic rings. The average molecular weight is 449 g/mol. The minimum atomic E-state index is -3.73. The molecule has 1 aromatic heterocycles. The van der Waals surface area contributed by atoms with Crippen molar-refractivity contribution in [2.45, 2.75) is 56.5 Å².